The topological polar surface area (TPSA) is 97.0 Å². The summed E-state index contributed by atoms with van der Waals surface area (Å²) in [6, 6.07) is 5.01. The lowest BCUT2D eigenvalue weighted by atomic mass is 9.67. The molecule has 2 aliphatic rings. The number of hydrogen-bond acceptors (Lipinski definition) is 5. The number of urea groups is 1. The minimum absolute atomic E-state index is 0.179. The first kappa shape index (κ1) is 23.9. The van der Waals surface area contributed by atoms with E-state index in [4.69, 9.17) is 9.47 Å². The van der Waals surface area contributed by atoms with Crippen LogP contribution in [-0.4, -0.2) is 55.6 Å². The quantitative estimate of drug-likeness (QED) is 0.629. The molecule has 0 radical (unpaired) electrons. The number of methoxy groups -OCH3 is 2. The van der Waals surface area contributed by atoms with Gasteiger partial charge in [0.05, 0.1) is 14.2 Å². The lowest BCUT2D eigenvalue weighted by Gasteiger charge is -2.40. The molecule has 8 heteroatoms. The second kappa shape index (κ2) is 9.38. The zero-order chi connectivity index (χ0) is 23.5. The van der Waals surface area contributed by atoms with Gasteiger partial charge in [0, 0.05) is 6.54 Å². The van der Waals surface area contributed by atoms with Gasteiger partial charge in [-0.25, -0.2) is 4.79 Å². The van der Waals surface area contributed by atoms with Crippen molar-refractivity contribution in [2.24, 2.45) is 11.3 Å². The average molecular weight is 446 g/mol. The number of nitrogens with zero attached hydrogens (tertiary/aromatic N) is 1. The average Bonchev–Trinajstić information content (AvgIpc) is 2.97. The number of carbonyl (C=O) groups is 3. The molecule has 1 saturated heterocycles. The van der Waals surface area contributed by atoms with Gasteiger partial charge >= 0.3 is 6.03 Å². The Labute approximate surface area is 190 Å². The van der Waals surface area contributed by atoms with Gasteiger partial charge in [-0.15, -0.1) is 0 Å². The molecular weight excluding hydrogens is 410 g/mol. The van der Waals surface area contributed by atoms with Crippen molar-refractivity contribution in [2.45, 2.75) is 58.4 Å². The maximum Gasteiger partial charge on any atom is 0.325 e. The van der Waals surface area contributed by atoms with Crippen LogP contribution in [0.25, 0.3) is 0 Å². The third kappa shape index (κ3) is 5.00. The Kier molecular flexibility index (Phi) is 7.00. The number of ether oxygens (including phenoxy) is 2. The van der Waals surface area contributed by atoms with E-state index in [1.165, 1.54) is 0 Å². The predicted octanol–water partition coefficient (Wildman–Crippen LogP) is 2.89. The monoisotopic (exact) mass is 445 g/mol. The zero-order valence-electron chi connectivity index (χ0n) is 19.7. The Morgan fingerprint density at radius 1 is 1.19 bits per heavy atom. The van der Waals surface area contributed by atoms with Crippen LogP contribution in [0.1, 0.15) is 52.0 Å². The van der Waals surface area contributed by atoms with Crippen molar-refractivity contribution in [1.29, 1.82) is 0 Å². The highest BCUT2D eigenvalue weighted by Gasteiger charge is 2.53. The van der Waals surface area contributed by atoms with Crippen LogP contribution >= 0.6 is 0 Å². The molecule has 1 spiro atoms. The molecule has 2 N–H and O–H groups in total. The van der Waals surface area contributed by atoms with Gasteiger partial charge in [0.15, 0.2) is 0 Å². The van der Waals surface area contributed by atoms with Gasteiger partial charge in [0.25, 0.3) is 5.91 Å². The molecule has 1 aromatic rings. The van der Waals surface area contributed by atoms with Crippen molar-refractivity contribution in [3.05, 3.63) is 23.8 Å². The van der Waals surface area contributed by atoms with Crippen LogP contribution in [0.15, 0.2) is 18.2 Å². The number of nitrogens with one attached hydrogen (secondary N) is 2. The molecule has 0 bridgehead atoms. The summed E-state index contributed by atoms with van der Waals surface area (Å²) in [5, 5.41) is 5.68. The molecule has 0 aromatic heterocycles. The zero-order valence-corrected chi connectivity index (χ0v) is 19.7. The molecule has 1 aliphatic carbocycles. The number of imide groups is 1. The first-order valence-corrected chi connectivity index (χ1v) is 11.2. The molecule has 1 aromatic carbocycles. The smallest absolute Gasteiger partial charge is 0.325 e. The van der Waals surface area contributed by atoms with Gasteiger partial charge < -0.3 is 20.1 Å². The second-order valence-electron chi connectivity index (χ2n) is 9.82. The van der Waals surface area contributed by atoms with E-state index in [-0.39, 0.29) is 23.8 Å². The Morgan fingerprint density at radius 2 is 1.88 bits per heavy atom. The van der Waals surface area contributed by atoms with E-state index >= 15 is 0 Å². The van der Waals surface area contributed by atoms with Gasteiger partial charge in [-0.3, -0.25) is 14.5 Å². The van der Waals surface area contributed by atoms with Gasteiger partial charge in [-0.05, 0) is 67.2 Å². The number of rotatable bonds is 7. The minimum atomic E-state index is -0.854. The van der Waals surface area contributed by atoms with Crippen molar-refractivity contribution in [1.82, 2.24) is 15.5 Å². The first-order valence-electron chi connectivity index (χ1n) is 11.2. The fourth-order valence-electron chi connectivity index (χ4n) is 4.75. The van der Waals surface area contributed by atoms with Gasteiger partial charge in [0.1, 0.15) is 23.6 Å². The third-order valence-electron chi connectivity index (χ3n) is 6.82. The van der Waals surface area contributed by atoms with Crippen LogP contribution in [0.2, 0.25) is 0 Å². The number of hydrogen-bond donors (Lipinski definition) is 2. The molecule has 1 heterocycles. The lowest BCUT2D eigenvalue weighted by molar-refractivity contribution is -0.136. The minimum Gasteiger partial charge on any atom is -0.497 e. The Hall–Kier alpha value is -2.77. The summed E-state index contributed by atoms with van der Waals surface area (Å²) in [5.41, 5.74) is 0.224. The molecule has 1 aliphatic heterocycles. The fraction of sp³-hybridized carbons (Fsp3) is 0.625. The van der Waals surface area contributed by atoms with Crippen molar-refractivity contribution in [3.8, 4) is 11.5 Å². The summed E-state index contributed by atoms with van der Waals surface area (Å²) in [6.07, 6.45) is 3.54. The van der Waals surface area contributed by atoms with Gasteiger partial charge in [-0.2, -0.15) is 0 Å². The van der Waals surface area contributed by atoms with Crippen molar-refractivity contribution in [3.63, 3.8) is 0 Å². The largest absolute Gasteiger partial charge is 0.497 e. The SMILES string of the molecule is COc1ccc(OC)c(CCNC(=O)CN2C(=O)NC3(CCC(C(C)(C)C)CC3)C2=O)c1. The van der Waals surface area contributed by atoms with Gasteiger partial charge in [-0.1, -0.05) is 20.8 Å². The van der Waals surface area contributed by atoms with E-state index in [2.05, 4.69) is 31.4 Å². The fourth-order valence-corrected chi connectivity index (χ4v) is 4.75. The third-order valence-corrected chi connectivity index (χ3v) is 6.82. The lowest BCUT2D eigenvalue weighted by Crippen LogP contribution is -2.51. The van der Waals surface area contributed by atoms with Crippen molar-refractivity contribution < 1.29 is 23.9 Å². The molecule has 4 amide bonds. The number of amides is 4. The highest BCUT2D eigenvalue weighted by Crippen LogP contribution is 2.43. The first-order chi connectivity index (χ1) is 15.1. The van der Waals surface area contributed by atoms with E-state index in [0.717, 1.165) is 23.3 Å². The van der Waals surface area contributed by atoms with Crippen LogP contribution in [0.5, 0.6) is 11.5 Å². The Bertz CT molecular complexity index is 869. The molecular formula is C24H35N3O5. The molecule has 0 unspecified atom stereocenters. The van der Waals surface area contributed by atoms with E-state index in [0.29, 0.717) is 43.2 Å². The highest BCUT2D eigenvalue weighted by atomic mass is 16.5. The van der Waals surface area contributed by atoms with E-state index < -0.39 is 11.6 Å². The van der Waals surface area contributed by atoms with Crippen LogP contribution in [0.4, 0.5) is 4.79 Å². The standard InChI is InChI=1S/C24H35N3O5/c1-23(2,3)17-8-11-24(12-9-17)21(29)27(22(30)26-24)15-20(28)25-13-10-16-14-18(31-4)6-7-19(16)32-5/h6-7,14,17H,8-13,15H2,1-5H3,(H,25,28)(H,26,30). The maximum atomic E-state index is 13.1. The van der Waals surface area contributed by atoms with E-state index in [1.54, 1.807) is 14.2 Å². The number of carbonyl (C=O) groups excluding carboxylic acids is 3. The van der Waals surface area contributed by atoms with Crippen LogP contribution in [0, 0.1) is 11.3 Å². The molecule has 3 rings (SSSR count). The second-order valence-corrected chi connectivity index (χ2v) is 9.82. The van der Waals surface area contributed by atoms with E-state index in [9.17, 15) is 14.4 Å². The Balaban J connectivity index is 1.54. The molecule has 2 fully saturated rings. The summed E-state index contributed by atoms with van der Waals surface area (Å²) in [5.74, 6) is 1.29. The summed E-state index contributed by atoms with van der Waals surface area (Å²) in [7, 11) is 3.18. The maximum absolute atomic E-state index is 13.1. The molecule has 176 valence electrons. The molecule has 8 nitrogen and oxygen atoms in total. The summed E-state index contributed by atoms with van der Waals surface area (Å²) < 4.78 is 10.6. The normalized spacial score (nSPS) is 23.3. The van der Waals surface area contributed by atoms with Crippen molar-refractivity contribution in [2.75, 3.05) is 27.3 Å². The molecule has 32 heavy (non-hydrogen) atoms. The van der Waals surface area contributed by atoms with Crippen molar-refractivity contribution >= 4 is 17.8 Å². The highest BCUT2D eigenvalue weighted by molar-refractivity contribution is 6.09. The van der Waals surface area contributed by atoms with Crippen LogP contribution in [-0.2, 0) is 16.0 Å². The summed E-state index contributed by atoms with van der Waals surface area (Å²) >= 11 is 0. The van der Waals surface area contributed by atoms with Crippen LogP contribution < -0.4 is 20.1 Å². The number of benzene rings is 1. The Morgan fingerprint density at radius 3 is 2.47 bits per heavy atom. The summed E-state index contributed by atoms with van der Waals surface area (Å²) in [6.45, 7) is 6.71. The molecule has 1 saturated carbocycles. The van der Waals surface area contributed by atoms with E-state index in [1.807, 2.05) is 18.2 Å². The predicted molar refractivity (Wildman–Crippen MR) is 121 cm³/mol. The molecule has 0 atom stereocenters. The summed E-state index contributed by atoms with van der Waals surface area (Å²) in [4.78, 5) is 39.1. The van der Waals surface area contributed by atoms with Gasteiger partial charge in [0.2, 0.25) is 5.91 Å². The van der Waals surface area contributed by atoms with Crippen LogP contribution in [0.3, 0.4) is 0 Å².